The zero-order chi connectivity index (χ0) is 12.3. The van der Waals surface area contributed by atoms with E-state index in [2.05, 4.69) is 10.3 Å². The van der Waals surface area contributed by atoms with Crippen molar-refractivity contribution in [2.45, 2.75) is 38.1 Å². The topological polar surface area (TPSA) is 77.2 Å². The molecular weight excluding hydrogens is 222 g/mol. The Morgan fingerprint density at radius 2 is 2.29 bits per heavy atom. The van der Waals surface area contributed by atoms with Crippen molar-refractivity contribution in [3.8, 4) is 0 Å². The first-order valence-corrected chi connectivity index (χ1v) is 5.89. The summed E-state index contributed by atoms with van der Waals surface area (Å²) >= 11 is 0. The van der Waals surface area contributed by atoms with Crippen molar-refractivity contribution in [3.63, 3.8) is 0 Å². The van der Waals surface area contributed by atoms with Crippen LogP contribution in [-0.4, -0.2) is 39.8 Å². The normalized spacial score (nSPS) is 15.1. The molecule has 1 aromatic heterocycles. The molecule has 6 nitrogen and oxygen atoms in total. The standard InChI is InChI=1S/C11H17N3O3/c1-17-7-3-2-6-14-10(8-4-5-8)9(11(15)16)12-13-14/h8H,2-7H2,1H3,(H,15,16). The monoisotopic (exact) mass is 239 g/mol. The van der Waals surface area contributed by atoms with Crippen molar-refractivity contribution in [1.29, 1.82) is 0 Å². The molecule has 0 unspecified atom stereocenters. The van der Waals surface area contributed by atoms with Crippen LogP contribution < -0.4 is 0 Å². The second-order valence-corrected chi connectivity index (χ2v) is 4.33. The van der Waals surface area contributed by atoms with Crippen molar-refractivity contribution < 1.29 is 14.6 Å². The number of methoxy groups -OCH3 is 1. The van der Waals surface area contributed by atoms with Gasteiger partial charge in [-0.2, -0.15) is 0 Å². The minimum atomic E-state index is -0.977. The largest absolute Gasteiger partial charge is 0.476 e. The summed E-state index contributed by atoms with van der Waals surface area (Å²) in [6.45, 7) is 1.44. The van der Waals surface area contributed by atoms with E-state index in [4.69, 9.17) is 9.84 Å². The molecule has 1 aromatic rings. The molecule has 0 aromatic carbocycles. The van der Waals surface area contributed by atoms with Gasteiger partial charge in [-0.05, 0) is 25.7 Å². The summed E-state index contributed by atoms with van der Waals surface area (Å²) in [4.78, 5) is 11.0. The van der Waals surface area contributed by atoms with Gasteiger partial charge in [-0.15, -0.1) is 5.10 Å². The Bertz CT molecular complexity index is 399. The molecule has 0 saturated heterocycles. The lowest BCUT2D eigenvalue weighted by Gasteiger charge is -2.05. The second-order valence-electron chi connectivity index (χ2n) is 4.33. The van der Waals surface area contributed by atoms with Crippen LogP contribution in [0.4, 0.5) is 0 Å². The lowest BCUT2D eigenvalue weighted by molar-refractivity contribution is 0.0689. The number of aromatic nitrogens is 3. The van der Waals surface area contributed by atoms with E-state index in [1.165, 1.54) is 0 Å². The Morgan fingerprint density at radius 3 is 2.88 bits per heavy atom. The van der Waals surface area contributed by atoms with Crippen LogP contribution in [0.25, 0.3) is 0 Å². The SMILES string of the molecule is COCCCCn1nnc(C(=O)O)c1C1CC1. The summed E-state index contributed by atoms with van der Waals surface area (Å²) in [5.41, 5.74) is 0.925. The van der Waals surface area contributed by atoms with Crippen LogP contribution in [0.3, 0.4) is 0 Å². The molecule has 1 heterocycles. The average molecular weight is 239 g/mol. The van der Waals surface area contributed by atoms with Crippen LogP contribution in [0, 0.1) is 0 Å². The van der Waals surface area contributed by atoms with Crippen molar-refractivity contribution in [1.82, 2.24) is 15.0 Å². The van der Waals surface area contributed by atoms with E-state index in [-0.39, 0.29) is 5.69 Å². The summed E-state index contributed by atoms with van der Waals surface area (Å²) in [5, 5.41) is 16.7. The fourth-order valence-electron chi connectivity index (χ4n) is 1.91. The number of ether oxygens (including phenoxy) is 1. The van der Waals surface area contributed by atoms with E-state index in [1.54, 1.807) is 11.8 Å². The summed E-state index contributed by atoms with van der Waals surface area (Å²) in [6.07, 6.45) is 3.97. The van der Waals surface area contributed by atoms with Crippen molar-refractivity contribution in [2.75, 3.05) is 13.7 Å². The molecule has 1 aliphatic carbocycles. The third-order valence-electron chi connectivity index (χ3n) is 2.91. The van der Waals surface area contributed by atoms with Gasteiger partial charge in [0.2, 0.25) is 0 Å². The number of aromatic carboxylic acids is 1. The Balaban J connectivity index is 2.03. The molecule has 0 spiro atoms. The van der Waals surface area contributed by atoms with Gasteiger partial charge in [-0.1, -0.05) is 5.21 Å². The molecule has 0 atom stereocenters. The molecule has 1 saturated carbocycles. The van der Waals surface area contributed by atoms with Gasteiger partial charge in [-0.3, -0.25) is 0 Å². The molecule has 1 aliphatic rings. The Kier molecular flexibility index (Phi) is 3.73. The number of hydrogen-bond acceptors (Lipinski definition) is 4. The third kappa shape index (κ3) is 2.82. The molecule has 1 fully saturated rings. The molecule has 2 rings (SSSR count). The molecule has 0 aliphatic heterocycles. The molecule has 0 bridgehead atoms. The zero-order valence-electron chi connectivity index (χ0n) is 9.93. The fourth-order valence-corrected chi connectivity index (χ4v) is 1.91. The predicted molar refractivity (Wildman–Crippen MR) is 60.1 cm³/mol. The smallest absolute Gasteiger partial charge is 0.358 e. The minimum Gasteiger partial charge on any atom is -0.476 e. The minimum absolute atomic E-state index is 0.124. The second kappa shape index (κ2) is 5.27. The van der Waals surface area contributed by atoms with E-state index in [0.29, 0.717) is 5.92 Å². The summed E-state index contributed by atoms with van der Waals surface area (Å²) in [5.74, 6) is -0.631. The van der Waals surface area contributed by atoms with E-state index >= 15 is 0 Å². The first-order chi connectivity index (χ1) is 8.24. The number of hydrogen-bond donors (Lipinski definition) is 1. The number of carboxylic acid groups (broad SMARTS) is 1. The highest BCUT2D eigenvalue weighted by atomic mass is 16.5. The predicted octanol–water partition coefficient (Wildman–Crippen LogP) is 1.28. The molecule has 0 amide bonds. The summed E-state index contributed by atoms with van der Waals surface area (Å²) in [6, 6.07) is 0. The van der Waals surface area contributed by atoms with Crippen molar-refractivity contribution >= 4 is 5.97 Å². The van der Waals surface area contributed by atoms with Gasteiger partial charge in [0, 0.05) is 26.2 Å². The quantitative estimate of drug-likeness (QED) is 0.725. The van der Waals surface area contributed by atoms with E-state index in [9.17, 15) is 4.79 Å². The number of unbranched alkanes of at least 4 members (excludes halogenated alkanes) is 1. The average Bonchev–Trinajstić information content (AvgIpc) is 3.05. The van der Waals surface area contributed by atoms with Crippen molar-refractivity contribution in [3.05, 3.63) is 11.4 Å². The number of rotatable bonds is 7. The van der Waals surface area contributed by atoms with Gasteiger partial charge < -0.3 is 9.84 Å². The Hall–Kier alpha value is -1.43. The van der Waals surface area contributed by atoms with Crippen LogP contribution >= 0.6 is 0 Å². The Morgan fingerprint density at radius 1 is 1.53 bits per heavy atom. The third-order valence-corrected chi connectivity index (χ3v) is 2.91. The Labute approximate surface area is 99.6 Å². The maximum atomic E-state index is 11.0. The van der Waals surface area contributed by atoms with Crippen LogP contribution in [0.2, 0.25) is 0 Å². The van der Waals surface area contributed by atoms with Crippen LogP contribution in [-0.2, 0) is 11.3 Å². The van der Waals surface area contributed by atoms with Gasteiger partial charge in [0.05, 0.1) is 5.69 Å². The first-order valence-electron chi connectivity index (χ1n) is 5.89. The number of carbonyl (C=O) groups is 1. The van der Waals surface area contributed by atoms with Gasteiger partial charge in [0.1, 0.15) is 0 Å². The number of aryl methyl sites for hydroxylation is 1. The maximum absolute atomic E-state index is 11.0. The molecule has 17 heavy (non-hydrogen) atoms. The van der Waals surface area contributed by atoms with E-state index in [1.807, 2.05) is 0 Å². The highest BCUT2D eigenvalue weighted by Crippen LogP contribution is 2.41. The van der Waals surface area contributed by atoms with Crippen LogP contribution in [0.1, 0.15) is 47.8 Å². The molecule has 6 heteroatoms. The summed E-state index contributed by atoms with van der Waals surface area (Å²) < 4.78 is 6.72. The lowest BCUT2D eigenvalue weighted by Crippen LogP contribution is -2.08. The number of carboxylic acids is 1. The molecule has 94 valence electrons. The zero-order valence-corrected chi connectivity index (χ0v) is 9.93. The molecule has 0 radical (unpaired) electrons. The van der Waals surface area contributed by atoms with Crippen molar-refractivity contribution in [2.24, 2.45) is 0 Å². The summed E-state index contributed by atoms with van der Waals surface area (Å²) in [7, 11) is 1.67. The maximum Gasteiger partial charge on any atom is 0.358 e. The number of nitrogens with zero attached hydrogens (tertiary/aromatic N) is 3. The highest BCUT2D eigenvalue weighted by molar-refractivity contribution is 5.86. The van der Waals surface area contributed by atoms with Crippen LogP contribution in [0.15, 0.2) is 0 Å². The van der Waals surface area contributed by atoms with Gasteiger partial charge in [-0.25, -0.2) is 9.48 Å². The van der Waals surface area contributed by atoms with E-state index < -0.39 is 5.97 Å². The molecule has 1 N–H and O–H groups in total. The first kappa shape index (κ1) is 12.0. The highest BCUT2D eigenvalue weighted by Gasteiger charge is 2.33. The molecular formula is C11H17N3O3. The van der Waals surface area contributed by atoms with Gasteiger partial charge >= 0.3 is 5.97 Å². The van der Waals surface area contributed by atoms with Gasteiger partial charge in [0.25, 0.3) is 0 Å². The van der Waals surface area contributed by atoms with Crippen LogP contribution in [0.5, 0.6) is 0 Å². The lowest BCUT2D eigenvalue weighted by atomic mass is 10.2. The van der Waals surface area contributed by atoms with E-state index in [0.717, 1.165) is 44.5 Å². The fraction of sp³-hybridized carbons (Fsp3) is 0.727. The van der Waals surface area contributed by atoms with Gasteiger partial charge in [0.15, 0.2) is 5.69 Å².